The average Bonchev–Trinajstić information content (AvgIpc) is 3.25. The molecule has 1 amide bonds. The van der Waals surface area contributed by atoms with Gasteiger partial charge in [0.2, 0.25) is 0 Å². The standard InChI is InChI=1S/C20H21F3N6O2S/c1-29-17(14-6-5-9(21)12(24)8-31-14)13(7-26-29)27-19(30)16-18(25)32-20(28-16)15-10(22)3-2-4-11(15)23/h2-4,7,9,12,14H,5-6,8,24-25H2,1H3,(H,27,30)/t9?,12-,14+/m0/s1. The number of carbonyl (C=O) groups is 1. The number of anilines is 2. The normalized spacial score (nSPS) is 21.3. The molecule has 0 radical (unpaired) electrons. The molecule has 0 spiro atoms. The van der Waals surface area contributed by atoms with E-state index < -0.39 is 35.9 Å². The molecule has 1 unspecified atom stereocenters. The maximum atomic E-state index is 14.1. The van der Waals surface area contributed by atoms with E-state index in [9.17, 15) is 18.0 Å². The molecule has 0 aliphatic carbocycles. The number of nitrogens with zero attached hydrogens (tertiary/aromatic N) is 3. The van der Waals surface area contributed by atoms with Crippen LogP contribution in [0.15, 0.2) is 24.4 Å². The lowest BCUT2D eigenvalue weighted by Crippen LogP contribution is -2.34. The van der Waals surface area contributed by atoms with Crippen LogP contribution >= 0.6 is 11.3 Å². The number of nitrogen functional groups attached to an aromatic ring is 1. The summed E-state index contributed by atoms with van der Waals surface area (Å²) in [5.74, 6) is -2.30. The Hall–Kier alpha value is -2.96. The largest absolute Gasteiger partial charge is 0.389 e. The smallest absolute Gasteiger partial charge is 0.277 e. The van der Waals surface area contributed by atoms with Crippen molar-refractivity contribution in [1.29, 1.82) is 0 Å². The zero-order valence-corrected chi connectivity index (χ0v) is 17.8. The highest BCUT2D eigenvalue weighted by Gasteiger charge is 2.30. The number of rotatable bonds is 4. The van der Waals surface area contributed by atoms with Gasteiger partial charge in [-0.3, -0.25) is 9.48 Å². The zero-order chi connectivity index (χ0) is 23.0. The van der Waals surface area contributed by atoms with Crippen LogP contribution in [0.4, 0.5) is 23.9 Å². The fraction of sp³-hybridized carbons (Fsp3) is 0.350. The number of halogens is 3. The third kappa shape index (κ3) is 4.20. The minimum atomic E-state index is -1.18. The first kappa shape index (κ1) is 22.2. The van der Waals surface area contributed by atoms with Crippen LogP contribution in [0.3, 0.4) is 0 Å². The minimum absolute atomic E-state index is 0.00237. The molecule has 8 nitrogen and oxygen atoms in total. The summed E-state index contributed by atoms with van der Waals surface area (Å²) in [5, 5.41) is 6.78. The molecule has 170 valence electrons. The van der Waals surface area contributed by atoms with Crippen LogP contribution in [0.5, 0.6) is 0 Å². The lowest BCUT2D eigenvalue weighted by Gasteiger charge is -2.18. The summed E-state index contributed by atoms with van der Waals surface area (Å²) in [6.45, 7) is 0.0288. The number of aryl methyl sites for hydroxylation is 1. The number of carbonyl (C=O) groups excluding carboxylic acids is 1. The van der Waals surface area contributed by atoms with Crippen molar-refractivity contribution < 1.29 is 22.7 Å². The van der Waals surface area contributed by atoms with Gasteiger partial charge in [-0.1, -0.05) is 17.4 Å². The molecule has 1 aliphatic rings. The summed E-state index contributed by atoms with van der Waals surface area (Å²) >= 11 is 0.800. The van der Waals surface area contributed by atoms with Crippen molar-refractivity contribution in [2.45, 2.75) is 31.2 Å². The van der Waals surface area contributed by atoms with E-state index in [1.165, 1.54) is 16.9 Å². The number of nitrogens with two attached hydrogens (primary N) is 2. The van der Waals surface area contributed by atoms with Crippen LogP contribution in [-0.2, 0) is 11.8 Å². The van der Waals surface area contributed by atoms with Crippen LogP contribution in [0.1, 0.15) is 35.1 Å². The lowest BCUT2D eigenvalue weighted by molar-refractivity contribution is 0.0447. The SMILES string of the molecule is Cn1ncc(NC(=O)c2nc(-c3c(F)cccc3F)sc2N)c1[C@H]1CCC(F)[C@@H](N)CO1. The quantitative estimate of drug-likeness (QED) is 0.543. The molecule has 5 N–H and O–H groups in total. The van der Waals surface area contributed by atoms with Crippen molar-refractivity contribution in [3.05, 3.63) is 47.4 Å². The maximum absolute atomic E-state index is 14.1. The van der Waals surface area contributed by atoms with E-state index in [4.69, 9.17) is 16.2 Å². The molecule has 1 saturated heterocycles. The molecule has 1 aromatic carbocycles. The van der Waals surface area contributed by atoms with Gasteiger partial charge in [0.1, 0.15) is 33.9 Å². The molecule has 3 heterocycles. The predicted octanol–water partition coefficient (Wildman–Crippen LogP) is 3.17. The van der Waals surface area contributed by atoms with Gasteiger partial charge < -0.3 is 21.5 Å². The number of hydrogen-bond donors (Lipinski definition) is 3. The highest BCUT2D eigenvalue weighted by molar-refractivity contribution is 7.19. The molecule has 1 aliphatic heterocycles. The van der Waals surface area contributed by atoms with E-state index in [1.807, 2.05) is 0 Å². The number of alkyl halides is 1. The number of hydrogen-bond acceptors (Lipinski definition) is 7. The number of ether oxygens (including phenoxy) is 1. The Labute approximate surface area is 185 Å². The molecule has 0 bridgehead atoms. The van der Waals surface area contributed by atoms with Gasteiger partial charge in [-0.05, 0) is 25.0 Å². The number of amides is 1. The Bertz CT molecular complexity index is 1120. The van der Waals surface area contributed by atoms with Crippen molar-refractivity contribution in [3.63, 3.8) is 0 Å². The van der Waals surface area contributed by atoms with E-state index in [0.717, 1.165) is 23.5 Å². The summed E-state index contributed by atoms with van der Waals surface area (Å²) < 4.78 is 49.4. The average molecular weight is 466 g/mol. The summed E-state index contributed by atoms with van der Waals surface area (Å²) in [4.78, 5) is 16.9. The predicted molar refractivity (Wildman–Crippen MR) is 114 cm³/mol. The zero-order valence-electron chi connectivity index (χ0n) is 17.0. The Morgan fingerprint density at radius 2 is 2.03 bits per heavy atom. The Morgan fingerprint density at radius 3 is 2.75 bits per heavy atom. The van der Waals surface area contributed by atoms with Gasteiger partial charge in [0.15, 0.2) is 5.69 Å². The highest BCUT2D eigenvalue weighted by atomic mass is 32.1. The minimum Gasteiger partial charge on any atom is -0.389 e. The fourth-order valence-corrected chi connectivity index (χ4v) is 4.44. The third-order valence-corrected chi connectivity index (χ3v) is 6.14. The molecule has 1 fully saturated rings. The molecular weight excluding hydrogens is 445 g/mol. The van der Waals surface area contributed by atoms with Crippen molar-refractivity contribution in [2.24, 2.45) is 12.8 Å². The molecule has 2 aromatic heterocycles. The van der Waals surface area contributed by atoms with Crippen LogP contribution in [0.25, 0.3) is 10.6 Å². The second-order valence-electron chi connectivity index (χ2n) is 7.43. The van der Waals surface area contributed by atoms with Crippen LogP contribution < -0.4 is 16.8 Å². The molecule has 3 aromatic rings. The maximum Gasteiger partial charge on any atom is 0.277 e. The molecule has 0 saturated carbocycles. The van der Waals surface area contributed by atoms with Crippen molar-refractivity contribution >= 4 is 27.9 Å². The first-order valence-electron chi connectivity index (χ1n) is 9.81. The molecule has 3 atom stereocenters. The van der Waals surface area contributed by atoms with E-state index in [1.54, 1.807) is 7.05 Å². The Morgan fingerprint density at radius 1 is 1.31 bits per heavy atom. The van der Waals surface area contributed by atoms with Gasteiger partial charge in [0, 0.05) is 7.05 Å². The first-order valence-corrected chi connectivity index (χ1v) is 10.6. The fourth-order valence-electron chi connectivity index (χ4n) is 3.57. The third-order valence-electron chi connectivity index (χ3n) is 5.24. The second-order valence-corrected chi connectivity index (χ2v) is 8.46. The molecule has 4 rings (SSSR count). The molecule has 12 heteroatoms. The monoisotopic (exact) mass is 466 g/mol. The number of nitrogens with one attached hydrogen (secondary N) is 1. The number of benzene rings is 1. The number of aromatic nitrogens is 3. The lowest BCUT2D eigenvalue weighted by atomic mass is 10.1. The Balaban J connectivity index is 1.59. The second kappa shape index (κ2) is 8.88. The number of thiazole rings is 1. The first-order chi connectivity index (χ1) is 15.3. The van der Waals surface area contributed by atoms with Gasteiger partial charge in [-0.25, -0.2) is 18.2 Å². The van der Waals surface area contributed by atoms with E-state index in [-0.39, 0.29) is 34.3 Å². The van der Waals surface area contributed by atoms with Gasteiger partial charge in [-0.15, -0.1) is 0 Å². The van der Waals surface area contributed by atoms with Crippen molar-refractivity contribution in [3.8, 4) is 10.6 Å². The highest BCUT2D eigenvalue weighted by Crippen LogP contribution is 2.35. The summed E-state index contributed by atoms with van der Waals surface area (Å²) in [7, 11) is 1.67. The topological polar surface area (TPSA) is 121 Å². The summed E-state index contributed by atoms with van der Waals surface area (Å²) in [5.41, 5.74) is 12.0. The molecule has 32 heavy (non-hydrogen) atoms. The summed E-state index contributed by atoms with van der Waals surface area (Å²) in [6.07, 6.45) is 0.279. The van der Waals surface area contributed by atoms with Crippen LogP contribution in [0.2, 0.25) is 0 Å². The van der Waals surface area contributed by atoms with Gasteiger partial charge in [-0.2, -0.15) is 5.10 Å². The van der Waals surface area contributed by atoms with E-state index in [0.29, 0.717) is 17.8 Å². The summed E-state index contributed by atoms with van der Waals surface area (Å²) in [6, 6.07) is 2.70. The van der Waals surface area contributed by atoms with Gasteiger partial charge >= 0.3 is 0 Å². The van der Waals surface area contributed by atoms with E-state index >= 15 is 0 Å². The van der Waals surface area contributed by atoms with Crippen molar-refractivity contribution in [2.75, 3.05) is 17.7 Å². The van der Waals surface area contributed by atoms with E-state index in [2.05, 4.69) is 15.4 Å². The molecular formula is C20H21F3N6O2S. The van der Waals surface area contributed by atoms with Crippen molar-refractivity contribution in [1.82, 2.24) is 14.8 Å². The Kier molecular flexibility index (Phi) is 6.17. The van der Waals surface area contributed by atoms with Gasteiger partial charge in [0.25, 0.3) is 5.91 Å². The van der Waals surface area contributed by atoms with Crippen LogP contribution in [0, 0.1) is 11.6 Å². The van der Waals surface area contributed by atoms with Gasteiger partial charge in [0.05, 0.1) is 35.8 Å². The van der Waals surface area contributed by atoms with Crippen LogP contribution in [-0.4, -0.2) is 39.5 Å².